The molecule has 0 aliphatic rings. The number of hydrogen-bond donors (Lipinski definition) is 1. The largest absolute Gasteiger partial charge is 0.490 e. The summed E-state index contributed by atoms with van der Waals surface area (Å²) in [5.41, 5.74) is 0.544. The zero-order chi connectivity index (χ0) is 13.0. The summed E-state index contributed by atoms with van der Waals surface area (Å²) in [4.78, 5) is 0. The van der Waals surface area contributed by atoms with Gasteiger partial charge in [0.25, 0.3) is 0 Å². The van der Waals surface area contributed by atoms with Gasteiger partial charge in [-0.15, -0.1) is 5.10 Å². The first-order valence-electron chi connectivity index (χ1n) is 5.27. The van der Waals surface area contributed by atoms with Gasteiger partial charge in [-0.25, -0.2) is 4.68 Å². The number of hydrogen-bond acceptors (Lipinski definition) is 4. The zero-order valence-electron chi connectivity index (χ0n) is 9.38. The second-order valence-corrected chi connectivity index (χ2v) is 4.85. The molecule has 96 valence electrons. The lowest BCUT2D eigenvalue weighted by Gasteiger charge is -2.08. The van der Waals surface area contributed by atoms with Gasteiger partial charge in [0.05, 0.1) is 23.8 Å². The fourth-order valence-electron chi connectivity index (χ4n) is 1.36. The lowest BCUT2D eigenvalue weighted by atomic mass is 10.3. The van der Waals surface area contributed by atoms with Crippen molar-refractivity contribution in [3.05, 3.63) is 39.6 Å². The van der Waals surface area contributed by atoms with Crippen molar-refractivity contribution in [3.63, 3.8) is 0 Å². The van der Waals surface area contributed by atoms with Gasteiger partial charge in [-0.3, -0.25) is 0 Å². The summed E-state index contributed by atoms with van der Waals surface area (Å²) in [7, 11) is 0. The molecule has 0 saturated heterocycles. The van der Waals surface area contributed by atoms with E-state index in [4.69, 9.17) is 21.4 Å². The van der Waals surface area contributed by atoms with Crippen LogP contribution in [-0.2, 0) is 13.2 Å². The molecule has 0 aliphatic heterocycles. The van der Waals surface area contributed by atoms with Crippen molar-refractivity contribution in [3.8, 4) is 5.75 Å². The van der Waals surface area contributed by atoms with Crippen LogP contribution in [0, 0.1) is 0 Å². The molecule has 0 fully saturated rings. The summed E-state index contributed by atoms with van der Waals surface area (Å²) in [5.74, 6) is 0.724. The van der Waals surface area contributed by atoms with Crippen molar-refractivity contribution in [1.29, 1.82) is 0 Å². The van der Waals surface area contributed by atoms with E-state index >= 15 is 0 Å². The fourth-order valence-corrected chi connectivity index (χ4v) is 2.16. The lowest BCUT2D eigenvalue weighted by molar-refractivity contribution is 0.276. The van der Waals surface area contributed by atoms with Crippen molar-refractivity contribution in [2.75, 3.05) is 6.61 Å². The first-order valence-corrected chi connectivity index (χ1v) is 6.44. The maximum absolute atomic E-state index is 8.85. The van der Waals surface area contributed by atoms with Gasteiger partial charge in [-0.2, -0.15) is 0 Å². The van der Waals surface area contributed by atoms with Gasteiger partial charge < -0.3 is 9.84 Å². The second-order valence-electron chi connectivity index (χ2n) is 3.55. The van der Waals surface area contributed by atoms with E-state index in [9.17, 15) is 0 Å². The Balaban J connectivity index is 1.88. The molecule has 0 bridgehead atoms. The van der Waals surface area contributed by atoms with Crippen LogP contribution in [0.2, 0.25) is 5.02 Å². The predicted octanol–water partition coefficient (Wildman–Crippen LogP) is 2.27. The molecule has 1 aromatic carbocycles. The average Bonchev–Trinajstić information content (AvgIpc) is 2.80. The number of aromatic nitrogens is 3. The Bertz CT molecular complexity index is 533. The Morgan fingerprint density at radius 3 is 2.94 bits per heavy atom. The Morgan fingerprint density at radius 2 is 2.28 bits per heavy atom. The summed E-state index contributed by atoms with van der Waals surface area (Å²) in [6.07, 6.45) is 1.68. The number of nitrogens with zero attached hydrogens (tertiary/aromatic N) is 3. The number of ether oxygens (including phenoxy) is 1. The first kappa shape index (κ1) is 13.3. The number of aliphatic hydroxyl groups excluding tert-OH is 1. The zero-order valence-corrected chi connectivity index (χ0v) is 11.7. The van der Waals surface area contributed by atoms with Crippen molar-refractivity contribution in [2.45, 2.75) is 13.2 Å². The van der Waals surface area contributed by atoms with E-state index < -0.39 is 0 Å². The predicted molar refractivity (Wildman–Crippen MR) is 70.6 cm³/mol. The summed E-state index contributed by atoms with van der Waals surface area (Å²) >= 11 is 9.21. The number of halogens is 2. The molecule has 1 heterocycles. The minimum atomic E-state index is -0.108. The molecule has 2 rings (SSSR count). The fraction of sp³-hybridized carbons (Fsp3) is 0.273. The molecule has 0 spiro atoms. The highest BCUT2D eigenvalue weighted by atomic mass is 79.9. The first-order chi connectivity index (χ1) is 8.69. The molecule has 0 saturated carbocycles. The number of aliphatic hydroxyl groups is 1. The van der Waals surface area contributed by atoms with Gasteiger partial charge in [0.2, 0.25) is 0 Å². The Kier molecular flexibility index (Phi) is 4.57. The van der Waals surface area contributed by atoms with Crippen LogP contribution in [0.4, 0.5) is 0 Å². The van der Waals surface area contributed by atoms with Gasteiger partial charge in [0, 0.05) is 5.02 Å². The maximum atomic E-state index is 8.85. The van der Waals surface area contributed by atoms with Crippen molar-refractivity contribution in [1.82, 2.24) is 15.0 Å². The van der Waals surface area contributed by atoms with E-state index in [0.717, 1.165) is 10.2 Å². The standard InChI is InChI=1S/C11H11BrClN3O2/c12-10-5-8(13)1-2-11(10)18-4-3-16-6-9(7-17)14-15-16/h1-2,5-6,17H,3-4,7H2. The van der Waals surface area contributed by atoms with Crippen molar-refractivity contribution in [2.24, 2.45) is 0 Å². The van der Waals surface area contributed by atoms with Gasteiger partial charge in [-0.1, -0.05) is 16.8 Å². The molecule has 0 aliphatic carbocycles. The van der Waals surface area contributed by atoms with Crippen LogP contribution in [0.15, 0.2) is 28.9 Å². The summed E-state index contributed by atoms with van der Waals surface area (Å²) in [5, 5.41) is 17.1. The number of rotatable bonds is 5. The van der Waals surface area contributed by atoms with Crippen LogP contribution in [-0.4, -0.2) is 26.7 Å². The highest BCUT2D eigenvalue weighted by molar-refractivity contribution is 9.10. The maximum Gasteiger partial charge on any atom is 0.133 e. The van der Waals surface area contributed by atoms with Crippen molar-refractivity contribution < 1.29 is 9.84 Å². The Morgan fingerprint density at radius 1 is 1.44 bits per heavy atom. The summed E-state index contributed by atoms with van der Waals surface area (Å²) in [6, 6.07) is 5.34. The van der Waals surface area contributed by atoms with E-state index in [-0.39, 0.29) is 6.61 Å². The van der Waals surface area contributed by atoms with Crippen LogP contribution >= 0.6 is 27.5 Å². The third kappa shape index (κ3) is 3.44. The molecule has 0 unspecified atom stereocenters. The van der Waals surface area contributed by atoms with Crippen LogP contribution in [0.1, 0.15) is 5.69 Å². The van der Waals surface area contributed by atoms with Gasteiger partial charge in [0.15, 0.2) is 0 Å². The van der Waals surface area contributed by atoms with Crippen LogP contribution in [0.3, 0.4) is 0 Å². The minimum Gasteiger partial charge on any atom is -0.490 e. The smallest absolute Gasteiger partial charge is 0.133 e. The van der Waals surface area contributed by atoms with E-state index in [1.807, 2.05) is 0 Å². The molecule has 1 N–H and O–H groups in total. The minimum absolute atomic E-state index is 0.108. The lowest BCUT2D eigenvalue weighted by Crippen LogP contribution is -2.09. The van der Waals surface area contributed by atoms with Gasteiger partial charge in [-0.05, 0) is 34.1 Å². The summed E-state index contributed by atoms with van der Waals surface area (Å²) in [6.45, 7) is 0.903. The molecule has 7 heteroatoms. The molecule has 2 aromatic rings. The highest BCUT2D eigenvalue weighted by Gasteiger charge is 2.03. The van der Waals surface area contributed by atoms with E-state index in [1.54, 1.807) is 29.1 Å². The highest BCUT2D eigenvalue weighted by Crippen LogP contribution is 2.27. The molecular formula is C11H11BrClN3O2. The van der Waals surface area contributed by atoms with Gasteiger partial charge in [0.1, 0.15) is 18.1 Å². The molecule has 18 heavy (non-hydrogen) atoms. The molecule has 0 amide bonds. The average molecular weight is 333 g/mol. The molecule has 0 atom stereocenters. The molecule has 1 aromatic heterocycles. The van der Waals surface area contributed by atoms with E-state index in [0.29, 0.717) is 23.9 Å². The summed E-state index contributed by atoms with van der Waals surface area (Å²) < 4.78 is 8.01. The quantitative estimate of drug-likeness (QED) is 0.912. The topological polar surface area (TPSA) is 60.2 Å². The van der Waals surface area contributed by atoms with Crippen LogP contribution in [0.5, 0.6) is 5.75 Å². The molecular weight excluding hydrogens is 321 g/mol. The van der Waals surface area contributed by atoms with Crippen LogP contribution in [0.25, 0.3) is 0 Å². The monoisotopic (exact) mass is 331 g/mol. The van der Waals surface area contributed by atoms with E-state index in [1.165, 1.54) is 0 Å². The third-order valence-electron chi connectivity index (χ3n) is 2.22. The second kappa shape index (κ2) is 6.17. The van der Waals surface area contributed by atoms with Crippen LogP contribution < -0.4 is 4.74 Å². The molecule has 0 radical (unpaired) electrons. The number of benzene rings is 1. The van der Waals surface area contributed by atoms with E-state index in [2.05, 4.69) is 26.2 Å². The third-order valence-corrected chi connectivity index (χ3v) is 3.07. The van der Waals surface area contributed by atoms with Crippen molar-refractivity contribution >= 4 is 27.5 Å². The Labute approximate surface area is 117 Å². The SMILES string of the molecule is OCc1cn(CCOc2ccc(Cl)cc2Br)nn1. The normalized spacial score (nSPS) is 10.6. The Hall–Kier alpha value is -1.11. The van der Waals surface area contributed by atoms with Gasteiger partial charge >= 0.3 is 0 Å². The molecule has 5 nitrogen and oxygen atoms in total.